The highest BCUT2D eigenvalue weighted by molar-refractivity contribution is 7.07. The van der Waals surface area contributed by atoms with Gasteiger partial charge in [0.25, 0.3) is 0 Å². The van der Waals surface area contributed by atoms with Crippen LogP contribution in [0.4, 0.5) is 4.79 Å². The summed E-state index contributed by atoms with van der Waals surface area (Å²) < 4.78 is 0. The second kappa shape index (κ2) is 7.68. The number of halogens is 1. The normalized spacial score (nSPS) is 14.3. The molecule has 5 nitrogen and oxygen atoms in total. The van der Waals surface area contributed by atoms with E-state index in [4.69, 9.17) is 11.6 Å². The molecule has 136 valence electrons. The van der Waals surface area contributed by atoms with E-state index in [-0.39, 0.29) is 6.03 Å². The van der Waals surface area contributed by atoms with E-state index >= 15 is 0 Å². The molecule has 2 amide bonds. The molecule has 3 heterocycles. The predicted molar refractivity (Wildman–Crippen MR) is 106 cm³/mol. The Balaban J connectivity index is 1.43. The van der Waals surface area contributed by atoms with Crippen LogP contribution >= 0.6 is 22.9 Å². The van der Waals surface area contributed by atoms with Crippen LogP contribution in [-0.4, -0.2) is 34.0 Å². The average molecular weight is 389 g/mol. The minimum Gasteiger partial charge on any atom is -0.357 e. The summed E-state index contributed by atoms with van der Waals surface area (Å²) >= 11 is 8.07. The molecule has 7 heteroatoms. The van der Waals surface area contributed by atoms with Crippen LogP contribution in [0.5, 0.6) is 0 Å². The zero-order valence-electron chi connectivity index (χ0n) is 14.4. The summed E-state index contributed by atoms with van der Waals surface area (Å²) in [5.74, 6) is 0. The third-order valence-electron chi connectivity index (χ3n) is 4.80. The Morgan fingerprint density at radius 1 is 1.27 bits per heavy atom. The number of amides is 2. The fourth-order valence-corrected chi connectivity index (χ4v) is 4.23. The van der Waals surface area contributed by atoms with Crippen molar-refractivity contribution in [1.82, 2.24) is 20.2 Å². The van der Waals surface area contributed by atoms with Crippen molar-refractivity contribution in [3.05, 3.63) is 51.1 Å². The molecule has 3 aromatic rings. The van der Waals surface area contributed by atoms with Gasteiger partial charge in [0.2, 0.25) is 0 Å². The lowest BCUT2D eigenvalue weighted by atomic mass is 10.1. The maximum atomic E-state index is 12.1. The lowest BCUT2D eigenvalue weighted by Crippen LogP contribution is -2.37. The number of likely N-dealkylation sites (tertiary alicyclic amines) is 1. The second-order valence-electron chi connectivity index (χ2n) is 6.66. The zero-order valence-corrected chi connectivity index (χ0v) is 16.0. The third kappa shape index (κ3) is 3.86. The zero-order chi connectivity index (χ0) is 17.9. The number of rotatable bonds is 5. The van der Waals surface area contributed by atoms with Crippen molar-refractivity contribution >= 4 is 39.9 Å². The van der Waals surface area contributed by atoms with Crippen molar-refractivity contribution in [3.63, 3.8) is 0 Å². The number of H-pyrrole nitrogens is 1. The van der Waals surface area contributed by atoms with Crippen molar-refractivity contribution in [2.45, 2.75) is 32.2 Å². The Hall–Kier alpha value is -2.05. The molecule has 1 aromatic carbocycles. The molecule has 1 aliphatic rings. The molecule has 2 N–H and O–H groups in total. The number of aromatic amines is 1. The predicted octanol–water partition coefficient (Wildman–Crippen LogP) is 4.37. The number of fused-ring (bicyclic) bond motifs is 1. The number of urea groups is 1. The van der Waals surface area contributed by atoms with E-state index in [2.05, 4.69) is 32.8 Å². The smallest absolute Gasteiger partial charge is 0.317 e. The number of nitrogens with one attached hydrogen (secondary N) is 2. The van der Waals surface area contributed by atoms with Gasteiger partial charge in [0, 0.05) is 40.1 Å². The molecule has 1 fully saturated rings. The monoisotopic (exact) mass is 388 g/mol. The molecule has 4 rings (SSSR count). The molecule has 0 radical (unpaired) electrons. The maximum Gasteiger partial charge on any atom is 0.317 e. The third-order valence-corrected chi connectivity index (χ3v) is 5.79. The SMILES string of the molecule is O=C(NCc1cc2cc(Cl)c(CCc3cscn3)cc2[nH]1)N1CCCC1. The summed E-state index contributed by atoms with van der Waals surface area (Å²) in [6.45, 7) is 2.21. The van der Waals surface area contributed by atoms with Crippen molar-refractivity contribution in [2.24, 2.45) is 0 Å². The van der Waals surface area contributed by atoms with Crippen molar-refractivity contribution in [3.8, 4) is 0 Å². The van der Waals surface area contributed by atoms with Crippen molar-refractivity contribution in [1.29, 1.82) is 0 Å². The van der Waals surface area contributed by atoms with E-state index in [0.717, 1.165) is 71.6 Å². The number of carbonyl (C=O) groups is 1. The van der Waals surface area contributed by atoms with Crippen LogP contribution in [0.25, 0.3) is 10.9 Å². The molecule has 1 saturated heterocycles. The van der Waals surface area contributed by atoms with Gasteiger partial charge in [-0.3, -0.25) is 0 Å². The quantitative estimate of drug-likeness (QED) is 0.681. The summed E-state index contributed by atoms with van der Waals surface area (Å²) in [4.78, 5) is 21.7. The first-order chi connectivity index (χ1) is 12.7. The average Bonchev–Trinajstić information content (AvgIpc) is 3.38. The highest BCUT2D eigenvalue weighted by Crippen LogP contribution is 2.26. The second-order valence-corrected chi connectivity index (χ2v) is 7.78. The van der Waals surface area contributed by atoms with Gasteiger partial charge in [-0.05, 0) is 49.4 Å². The van der Waals surface area contributed by atoms with Gasteiger partial charge in [-0.25, -0.2) is 9.78 Å². The lowest BCUT2D eigenvalue weighted by Gasteiger charge is -2.15. The standard InChI is InChI=1S/C19H21ClN4OS/c20-17-8-14-7-16(10-21-19(25)24-5-1-2-6-24)23-18(14)9-13(17)3-4-15-11-26-12-22-15/h7-9,11-12,23H,1-6,10H2,(H,21,25). The summed E-state index contributed by atoms with van der Waals surface area (Å²) in [6.07, 6.45) is 3.94. The Labute approximate surface area is 161 Å². The summed E-state index contributed by atoms with van der Waals surface area (Å²) in [7, 11) is 0. The summed E-state index contributed by atoms with van der Waals surface area (Å²) in [6, 6.07) is 6.17. The fourth-order valence-electron chi connectivity index (χ4n) is 3.37. The molecule has 0 bridgehead atoms. The molecule has 0 saturated carbocycles. The van der Waals surface area contributed by atoms with Gasteiger partial charge < -0.3 is 15.2 Å². The van der Waals surface area contributed by atoms with Gasteiger partial charge in [-0.2, -0.15) is 0 Å². The molecule has 1 aliphatic heterocycles. The Morgan fingerprint density at radius 2 is 2.12 bits per heavy atom. The van der Waals surface area contributed by atoms with Crippen LogP contribution in [0.1, 0.15) is 29.8 Å². The number of hydrogen-bond acceptors (Lipinski definition) is 3. The van der Waals surface area contributed by atoms with Gasteiger partial charge in [-0.1, -0.05) is 11.6 Å². The van der Waals surface area contributed by atoms with Crippen LogP contribution < -0.4 is 5.32 Å². The van der Waals surface area contributed by atoms with E-state index < -0.39 is 0 Å². The van der Waals surface area contributed by atoms with Crippen LogP contribution in [0.3, 0.4) is 0 Å². The minimum absolute atomic E-state index is 0.0168. The molecular weight excluding hydrogens is 368 g/mol. The molecule has 0 unspecified atom stereocenters. The van der Waals surface area contributed by atoms with E-state index in [1.807, 2.05) is 16.5 Å². The first-order valence-corrected chi connectivity index (χ1v) is 10.2. The first kappa shape index (κ1) is 17.4. The number of thiazole rings is 1. The molecule has 2 aromatic heterocycles. The minimum atomic E-state index is 0.0168. The number of nitrogens with zero attached hydrogens (tertiary/aromatic N) is 2. The largest absolute Gasteiger partial charge is 0.357 e. The molecule has 0 spiro atoms. The fraction of sp³-hybridized carbons (Fsp3) is 0.368. The number of aromatic nitrogens is 2. The van der Waals surface area contributed by atoms with E-state index in [1.54, 1.807) is 11.3 Å². The van der Waals surface area contributed by atoms with Crippen molar-refractivity contribution < 1.29 is 4.79 Å². The van der Waals surface area contributed by atoms with Crippen LogP contribution in [-0.2, 0) is 19.4 Å². The Morgan fingerprint density at radius 3 is 2.88 bits per heavy atom. The van der Waals surface area contributed by atoms with Crippen LogP contribution in [0.2, 0.25) is 5.02 Å². The Bertz CT molecular complexity index is 900. The highest BCUT2D eigenvalue weighted by Gasteiger charge is 2.17. The van der Waals surface area contributed by atoms with Gasteiger partial charge in [0.05, 0.1) is 17.7 Å². The van der Waals surface area contributed by atoms with Gasteiger partial charge in [-0.15, -0.1) is 11.3 Å². The number of hydrogen-bond donors (Lipinski definition) is 2. The van der Waals surface area contributed by atoms with Crippen LogP contribution in [0.15, 0.2) is 29.1 Å². The van der Waals surface area contributed by atoms with E-state index in [0.29, 0.717) is 6.54 Å². The number of benzene rings is 1. The number of aryl methyl sites for hydroxylation is 2. The Kier molecular flexibility index (Phi) is 5.13. The summed E-state index contributed by atoms with van der Waals surface area (Å²) in [5, 5.41) is 6.91. The summed E-state index contributed by atoms with van der Waals surface area (Å²) in [5.41, 5.74) is 6.10. The first-order valence-electron chi connectivity index (χ1n) is 8.89. The molecule has 0 atom stereocenters. The maximum absolute atomic E-state index is 12.1. The molecular formula is C19H21ClN4OS. The van der Waals surface area contributed by atoms with E-state index in [1.165, 1.54) is 0 Å². The lowest BCUT2D eigenvalue weighted by molar-refractivity contribution is 0.208. The molecule has 0 aliphatic carbocycles. The topological polar surface area (TPSA) is 61.0 Å². The molecule has 26 heavy (non-hydrogen) atoms. The van der Waals surface area contributed by atoms with Crippen LogP contribution in [0, 0.1) is 0 Å². The van der Waals surface area contributed by atoms with Gasteiger partial charge in [0.15, 0.2) is 0 Å². The van der Waals surface area contributed by atoms with Gasteiger partial charge >= 0.3 is 6.03 Å². The highest BCUT2D eigenvalue weighted by atomic mass is 35.5. The number of carbonyl (C=O) groups excluding carboxylic acids is 1. The van der Waals surface area contributed by atoms with Gasteiger partial charge in [0.1, 0.15) is 0 Å². The van der Waals surface area contributed by atoms with E-state index in [9.17, 15) is 4.79 Å². The van der Waals surface area contributed by atoms with Crippen molar-refractivity contribution in [2.75, 3.05) is 13.1 Å².